The predicted molar refractivity (Wildman–Crippen MR) is 226 cm³/mol. The summed E-state index contributed by atoms with van der Waals surface area (Å²) in [6, 6.07) is 32.7. The molecule has 0 saturated carbocycles. The number of hydrogen-bond donors (Lipinski definition) is 1. The van der Waals surface area contributed by atoms with Crippen molar-refractivity contribution in [2.24, 2.45) is 11.3 Å². The number of fused-ring (bicyclic) bond motifs is 2. The van der Waals surface area contributed by atoms with Crippen molar-refractivity contribution in [3.63, 3.8) is 0 Å². The zero-order chi connectivity index (χ0) is 43.6. The van der Waals surface area contributed by atoms with Gasteiger partial charge in [0.1, 0.15) is 12.2 Å². The summed E-state index contributed by atoms with van der Waals surface area (Å²) in [4.78, 5) is 13.9. The Morgan fingerprint density at radius 2 is 1.53 bits per heavy atom. The van der Waals surface area contributed by atoms with Crippen LogP contribution in [-0.2, 0) is 62.0 Å². The van der Waals surface area contributed by atoms with E-state index in [0.29, 0.717) is 36.3 Å². The zero-order valence-electron chi connectivity index (χ0n) is 34.7. The highest BCUT2D eigenvalue weighted by Gasteiger charge is 2.45. The summed E-state index contributed by atoms with van der Waals surface area (Å²) in [5, 5.41) is 12.5. The van der Waals surface area contributed by atoms with Crippen LogP contribution in [0.2, 0.25) is 0 Å². The molecule has 62 heavy (non-hydrogen) atoms. The molecule has 5 atom stereocenters. The minimum absolute atomic E-state index is 0.0642. The number of nitriles is 1. The van der Waals surface area contributed by atoms with Crippen molar-refractivity contribution in [3.8, 4) is 17.6 Å². The minimum atomic E-state index is -4.64. The first-order chi connectivity index (χ1) is 29.9. The number of sulfonamides is 1. The van der Waals surface area contributed by atoms with E-state index in [1.165, 1.54) is 22.5 Å². The van der Waals surface area contributed by atoms with E-state index in [1.807, 2.05) is 80.6 Å². The second kappa shape index (κ2) is 20.6. The zero-order valence-corrected chi connectivity index (χ0v) is 36.4. The molecule has 15 nitrogen and oxygen atoms in total. The number of phosphoric acid groups is 1. The molecular formula is C45H52N3O12PS. The van der Waals surface area contributed by atoms with Crippen LogP contribution in [0.5, 0.6) is 11.5 Å². The third-order valence-corrected chi connectivity index (χ3v) is 14.1. The van der Waals surface area contributed by atoms with Gasteiger partial charge in [-0.3, -0.25) is 13.6 Å². The lowest BCUT2D eigenvalue weighted by Gasteiger charge is -2.37. The van der Waals surface area contributed by atoms with Gasteiger partial charge < -0.3 is 29.0 Å². The molecule has 0 aliphatic carbocycles. The fourth-order valence-corrected chi connectivity index (χ4v) is 10.6. The van der Waals surface area contributed by atoms with Crippen LogP contribution in [0.15, 0.2) is 114 Å². The third kappa shape index (κ3) is 12.0. The summed E-state index contributed by atoms with van der Waals surface area (Å²) in [6.07, 6.45) is -2.03. The van der Waals surface area contributed by atoms with E-state index in [-0.39, 0.29) is 62.6 Å². The van der Waals surface area contributed by atoms with Crippen molar-refractivity contribution < 1.29 is 55.0 Å². The molecule has 1 amide bonds. The summed E-state index contributed by atoms with van der Waals surface area (Å²) in [7, 11) is -9.06. The minimum Gasteiger partial charge on any atom is -0.454 e. The molecule has 2 saturated heterocycles. The third-order valence-electron chi connectivity index (χ3n) is 10.9. The maximum absolute atomic E-state index is 15.2. The molecule has 0 aromatic heterocycles. The molecule has 2 fully saturated rings. The number of amides is 1. The Bertz CT molecular complexity index is 2250. The maximum Gasteiger partial charge on any atom is 0.475 e. The highest BCUT2D eigenvalue weighted by molar-refractivity contribution is 7.89. The Kier molecular flexibility index (Phi) is 15.0. The van der Waals surface area contributed by atoms with E-state index in [1.54, 1.807) is 24.3 Å². The van der Waals surface area contributed by atoms with Gasteiger partial charge in [-0.2, -0.15) is 9.57 Å². The molecule has 1 N–H and O–H groups in total. The van der Waals surface area contributed by atoms with E-state index in [9.17, 15) is 18.5 Å². The molecule has 17 heteroatoms. The van der Waals surface area contributed by atoms with E-state index >= 15 is 4.57 Å². The average molecular weight is 890 g/mol. The van der Waals surface area contributed by atoms with Gasteiger partial charge in [-0.25, -0.2) is 17.8 Å². The summed E-state index contributed by atoms with van der Waals surface area (Å²) >= 11 is 0. The van der Waals surface area contributed by atoms with Crippen molar-refractivity contribution in [1.29, 1.82) is 5.26 Å². The molecule has 0 bridgehead atoms. The highest BCUT2D eigenvalue weighted by atomic mass is 32.2. The lowest BCUT2D eigenvalue weighted by atomic mass is 9.88. The van der Waals surface area contributed by atoms with E-state index in [4.69, 9.17) is 37.3 Å². The predicted octanol–water partition coefficient (Wildman–Crippen LogP) is 7.76. The van der Waals surface area contributed by atoms with Crippen LogP contribution in [0, 0.1) is 22.7 Å². The van der Waals surface area contributed by atoms with Gasteiger partial charge in [0.05, 0.1) is 49.4 Å². The number of rotatable bonds is 21. The van der Waals surface area contributed by atoms with Gasteiger partial charge in [0.2, 0.25) is 16.8 Å². The number of alkyl carbamates (subject to hydrolysis) is 1. The molecule has 330 valence electrons. The molecule has 3 aliphatic heterocycles. The molecule has 7 rings (SSSR count). The van der Waals surface area contributed by atoms with Crippen LogP contribution in [0.4, 0.5) is 4.79 Å². The fourth-order valence-electron chi connectivity index (χ4n) is 7.55. The molecule has 4 aromatic carbocycles. The maximum atomic E-state index is 15.2. The quantitative estimate of drug-likeness (QED) is 0.0803. The number of nitrogens with one attached hydrogen (secondary N) is 1. The first kappa shape index (κ1) is 45.2. The van der Waals surface area contributed by atoms with Crippen molar-refractivity contribution >= 4 is 23.9 Å². The van der Waals surface area contributed by atoms with Gasteiger partial charge in [-0.1, -0.05) is 105 Å². The Balaban J connectivity index is 1.29. The Hall–Kier alpha value is -4.82. The number of carbonyl (C=O) groups is 1. The molecule has 4 aromatic rings. The molecular weight excluding hydrogens is 838 g/mol. The van der Waals surface area contributed by atoms with Crippen LogP contribution in [0.1, 0.15) is 49.8 Å². The smallest absolute Gasteiger partial charge is 0.454 e. The number of carbonyl (C=O) groups excluding carboxylic acids is 1. The lowest BCUT2D eigenvalue weighted by molar-refractivity contribution is -0.0907. The van der Waals surface area contributed by atoms with E-state index in [0.717, 1.165) is 5.56 Å². The van der Waals surface area contributed by atoms with Crippen LogP contribution in [-0.4, -0.2) is 76.5 Å². The second-order valence-corrected chi connectivity index (χ2v) is 19.7. The van der Waals surface area contributed by atoms with Crippen LogP contribution >= 0.6 is 7.82 Å². The summed E-state index contributed by atoms with van der Waals surface area (Å²) < 4.78 is 93.5. The average Bonchev–Trinajstić information content (AvgIpc) is 4.04. The van der Waals surface area contributed by atoms with Crippen molar-refractivity contribution in [1.82, 2.24) is 9.62 Å². The van der Waals surface area contributed by atoms with E-state index in [2.05, 4.69) is 11.4 Å². The fraction of sp³-hybridized carbons (Fsp3) is 0.422. The van der Waals surface area contributed by atoms with Gasteiger partial charge in [0.25, 0.3) is 0 Å². The number of nitrogens with zero attached hydrogens (tertiary/aromatic N) is 2. The van der Waals surface area contributed by atoms with Gasteiger partial charge in [0, 0.05) is 25.6 Å². The summed E-state index contributed by atoms with van der Waals surface area (Å²) in [5.41, 5.74) is 1.37. The Labute approximate surface area is 362 Å². The molecule has 4 unspecified atom stereocenters. The normalized spacial score (nSPS) is 19.4. The van der Waals surface area contributed by atoms with Gasteiger partial charge >= 0.3 is 13.9 Å². The molecule has 0 spiro atoms. The highest BCUT2D eigenvalue weighted by Crippen LogP contribution is 2.53. The first-order valence-electron chi connectivity index (χ1n) is 20.6. The monoisotopic (exact) mass is 889 g/mol. The van der Waals surface area contributed by atoms with Crippen molar-refractivity contribution in [3.05, 3.63) is 126 Å². The Morgan fingerprint density at radius 3 is 2.18 bits per heavy atom. The van der Waals surface area contributed by atoms with Crippen LogP contribution in [0.25, 0.3) is 0 Å². The van der Waals surface area contributed by atoms with Crippen LogP contribution in [0.3, 0.4) is 0 Å². The van der Waals surface area contributed by atoms with Gasteiger partial charge in [-0.15, -0.1) is 0 Å². The molecule has 3 heterocycles. The number of benzene rings is 4. The first-order valence-corrected chi connectivity index (χ1v) is 23.5. The SMILES string of the molecule is CC(C)(CCC#N)CN(CC(OP(=O)(OCc1ccccc1)OCc1ccccc1)[C@H](Cc1ccccc1)NC(=O)OC1COC2OCCC12)S(=O)(=O)c1ccc2c(c1)OCO2. The van der Waals surface area contributed by atoms with Gasteiger partial charge in [-0.05, 0) is 53.5 Å². The van der Waals surface area contributed by atoms with E-state index < -0.39 is 60.4 Å². The molecule has 0 radical (unpaired) electrons. The number of hydrogen-bond acceptors (Lipinski definition) is 13. The topological polar surface area (TPSA) is 181 Å². The number of ether oxygens (including phenoxy) is 5. The summed E-state index contributed by atoms with van der Waals surface area (Å²) in [6.45, 7) is 3.37. The van der Waals surface area contributed by atoms with Crippen LogP contribution < -0.4 is 14.8 Å². The molecule has 3 aliphatic rings. The van der Waals surface area contributed by atoms with Crippen molar-refractivity contribution in [2.45, 2.75) is 82.2 Å². The number of phosphoric ester groups is 1. The standard InChI is InChI=1S/C45H52N3O12PS/c1-45(2,22-12-23-46)31-48(62(51,52)36-19-20-39-40(26-36)56-32-55-39)27-41(60-61(50,57-28-34-15-8-4-9-16-34)58-29-35-17-10-5-11-18-35)38(25-33-13-6-3-7-14-33)47-44(49)59-42-30-54-43-37(42)21-24-53-43/h3-11,13-20,26,37-38,41-43H,12,21-22,24-25,27-32H2,1-2H3,(H,47,49)/t37?,38-,41?,42?,43?/m0/s1. The summed E-state index contributed by atoms with van der Waals surface area (Å²) in [5.74, 6) is 0.496. The van der Waals surface area contributed by atoms with Gasteiger partial charge in [0.15, 0.2) is 17.8 Å². The second-order valence-electron chi connectivity index (χ2n) is 16.2. The lowest BCUT2D eigenvalue weighted by Crippen LogP contribution is -2.53. The Morgan fingerprint density at radius 1 is 0.903 bits per heavy atom. The largest absolute Gasteiger partial charge is 0.475 e. The van der Waals surface area contributed by atoms with Crippen molar-refractivity contribution in [2.75, 3.05) is 33.1 Å².